The summed E-state index contributed by atoms with van der Waals surface area (Å²) in [6, 6.07) is 6.20. The van der Waals surface area contributed by atoms with Gasteiger partial charge in [-0.1, -0.05) is 12.1 Å². The minimum Gasteiger partial charge on any atom is -0.453 e. The molecule has 0 N–H and O–H groups in total. The molecule has 1 heterocycles. The van der Waals surface area contributed by atoms with E-state index in [-0.39, 0.29) is 17.8 Å². The number of benzene rings is 1. The second-order valence-corrected chi connectivity index (χ2v) is 5.32. The van der Waals surface area contributed by atoms with Crippen LogP contribution in [-0.2, 0) is 16.0 Å². The highest BCUT2D eigenvalue weighted by atomic mass is 19.1. The maximum absolute atomic E-state index is 12.8. The fourth-order valence-electron chi connectivity index (χ4n) is 2.54. The van der Waals surface area contributed by atoms with Gasteiger partial charge in [0.15, 0.2) is 0 Å². The fraction of sp³-hybridized carbons (Fsp3) is 0.500. The third kappa shape index (κ3) is 4.44. The van der Waals surface area contributed by atoms with Gasteiger partial charge in [0, 0.05) is 32.6 Å². The molecular weight excluding hydrogens is 287 g/mol. The second kappa shape index (κ2) is 7.77. The molecule has 1 aromatic rings. The molecular formula is C16H21FN2O3. The minimum atomic E-state index is -0.347. The number of hydrogen-bond donors (Lipinski definition) is 0. The van der Waals surface area contributed by atoms with E-state index < -0.39 is 0 Å². The topological polar surface area (TPSA) is 49.9 Å². The summed E-state index contributed by atoms with van der Waals surface area (Å²) in [6.45, 7) is 2.27. The lowest BCUT2D eigenvalue weighted by molar-refractivity contribution is -0.131. The first kappa shape index (κ1) is 16.3. The van der Waals surface area contributed by atoms with Gasteiger partial charge in [-0.15, -0.1) is 0 Å². The molecule has 2 rings (SSSR count). The molecule has 0 atom stereocenters. The van der Waals surface area contributed by atoms with E-state index in [2.05, 4.69) is 0 Å². The van der Waals surface area contributed by atoms with Crippen molar-refractivity contribution in [1.29, 1.82) is 0 Å². The summed E-state index contributed by atoms with van der Waals surface area (Å²) in [5.74, 6) is -0.207. The van der Waals surface area contributed by atoms with Gasteiger partial charge in [-0.05, 0) is 30.5 Å². The van der Waals surface area contributed by atoms with Crippen molar-refractivity contribution >= 4 is 12.0 Å². The van der Waals surface area contributed by atoms with Gasteiger partial charge in [-0.25, -0.2) is 9.18 Å². The largest absolute Gasteiger partial charge is 0.453 e. The molecule has 0 bridgehead atoms. The van der Waals surface area contributed by atoms with Gasteiger partial charge >= 0.3 is 6.09 Å². The van der Waals surface area contributed by atoms with Gasteiger partial charge in [-0.2, -0.15) is 0 Å². The summed E-state index contributed by atoms with van der Waals surface area (Å²) in [5, 5.41) is 0. The third-order valence-electron chi connectivity index (χ3n) is 3.82. The molecule has 1 saturated heterocycles. The maximum atomic E-state index is 12.8. The van der Waals surface area contributed by atoms with Crippen LogP contribution in [0.3, 0.4) is 0 Å². The molecule has 6 heteroatoms. The van der Waals surface area contributed by atoms with Crippen molar-refractivity contribution < 1.29 is 18.7 Å². The van der Waals surface area contributed by atoms with Crippen LogP contribution in [0.4, 0.5) is 9.18 Å². The lowest BCUT2D eigenvalue weighted by atomic mass is 10.1. The molecule has 1 aliphatic rings. The number of nitrogens with zero attached hydrogens (tertiary/aromatic N) is 2. The number of hydrogen-bond acceptors (Lipinski definition) is 3. The van der Waals surface area contributed by atoms with Gasteiger partial charge in [-0.3, -0.25) is 4.79 Å². The first-order valence-corrected chi connectivity index (χ1v) is 7.45. The fourth-order valence-corrected chi connectivity index (χ4v) is 2.54. The predicted molar refractivity (Wildman–Crippen MR) is 79.9 cm³/mol. The highest BCUT2D eigenvalue weighted by molar-refractivity contribution is 5.76. The Morgan fingerprint density at radius 1 is 1.09 bits per heavy atom. The quantitative estimate of drug-likeness (QED) is 0.859. The number of halogens is 1. The standard InChI is InChI=1S/C16H21FN2O3/c1-22-16(21)19-10-2-9-18(11-12-19)15(20)8-5-13-3-6-14(17)7-4-13/h3-4,6-7H,2,5,8-12H2,1H3. The van der Waals surface area contributed by atoms with Crippen LogP contribution in [0.5, 0.6) is 0 Å². The Morgan fingerprint density at radius 2 is 1.73 bits per heavy atom. The van der Waals surface area contributed by atoms with Gasteiger partial charge in [0.05, 0.1) is 7.11 Å². The van der Waals surface area contributed by atoms with E-state index in [0.717, 1.165) is 12.0 Å². The van der Waals surface area contributed by atoms with Crippen molar-refractivity contribution in [3.63, 3.8) is 0 Å². The van der Waals surface area contributed by atoms with Crippen molar-refractivity contribution in [2.75, 3.05) is 33.3 Å². The highest BCUT2D eigenvalue weighted by Crippen LogP contribution is 2.10. The molecule has 1 aliphatic heterocycles. The summed E-state index contributed by atoms with van der Waals surface area (Å²) in [6.07, 6.45) is 1.39. The average molecular weight is 308 g/mol. The molecule has 0 unspecified atom stereocenters. The summed E-state index contributed by atoms with van der Waals surface area (Å²) in [4.78, 5) is 27.2. The molecule has 0 aromatic heterocycles. The highest BCUT2D eigenvalue weighted by Gasteiger charge is 2.21. The predicted octanol–water partition coefficient (Wildman–Crippen LogP) is 2.06. The zero-order valence-corrected chi connectivity index (χ0v) is 12.8. The minimum absolute atomic E-state index is 0.0658. The molecule has 120 valence electrons. The monoisotopic (exact) mass is 308 g/mol. The van der Waals surface area contributed by atoms with E-state index in [4.69, 9.17) is 4.74 Å². The van der Waals surface area contributed by atoms with Crippen molar-refractivity contribution in [2.45, 2.75) is 19.3 Å². The SMILES string of the molecule is COC(=O)N1CCCN(C(=O)CCc2ccc(F)cc2)CC1. The maximum Gasteiger partial charge on any atom is 0.409 e. The first-order chi connectivity index (χ1) is 10.6. The van der Waals surface area contributed by atoms with E-state index in [1.165, 1.54) is 19.2 Å². The summed E-state index contributed by atoms with van der Waals surface area (Å²) >= 11 is 0. The van der Waals surface area contributed by atoms with Crippen LogP contribution in [-0.4, -0.2) is 55.1 Å². The van der Waals surface area contributed by atoms with Crippen LogP contribution in [0.15, 0.2) is 24.3 Å². The zero-order chi connectivity index (χ0) is 15.9. The van der Waals surface area contributed by atoms with Crippen LogP contribution < -0.4 is 0 Å². The van der Waals surface area contributed by atoms with E-state index in [0.29, 0.717) is 39.0 Å². The van der Waals surface area contributed by atoms with E-state index >= 15 is 0 Å². The van der Waals surface area contributed by atoms with Crippen molar-refractivity contribution in [3.8, 4) is 0 Å². The molecule has 0 spiro atoms. The van der Waals surface area contributed by atoms with Gasteiger partial charge in [0.1, 0.15) is 5.82 Å². The zero-order valence-electron chi connectivity index (χ0n) is 12.8. The van der Waals surface area contributed by atoms with Crippen LogP contribution in [0.25, 0.3) is 0 Å². The summed E-state index contributed by atoms with van der Waals surface area (Å²) < 4.78 is 17.5. The Hall–Kier alpha value is -2.11. The van der Waals surface area contributed by atoms with Crippen molar-refractivity contribution in [1.82, 2.24) is 9.80 Å². The van der Waals surface area contributed by atoms with Gasteiger partial charge < -0.3 is 14.5 Å². The van der Waals surface area contributed by atoms with Crippen molar-refractivity contribution in [2.24, 2.45) is 0 Å². The van der Waals surface area contributed by atoms with E-state index in [9.17, 15) is 14.0 Å². The normalized spacial score (nSPS) is 15.4. The van der Waals surface area contributed by atoms with Gasteiger partial charge in [0.2, 0.25) is 5.91 Å². The number of aryl methyl sites for hydroxylation is 1. The van der Waals surface area contributed by atoms with Crippen LogP contribution in [0.1, 0.15) is 18.4 Å². The Labute approximate surface area is 129 Å². The molecule has 5 nitrogen and oxygen atoms in total. The van der Waals surface area contributed by atoms with E-state index in [1.54, 1.807) is 21.9 Å². The molecule has 0 aliphatic carbocycles. The Balaban J connectivity index is 1.82. The number of amides is 2. The molecule has 0 saturated carbocycles. The molecule has 22 heavy (non-hydrogen) atoms. The smallest absolute Gasteiger partial charge is 0.409 e. The number of methoxy groups -OCH3 is 1. The number of carbonyl (C=O) groups is 2. The molecule has 1 aromatic carbocycles. The Bertz CT molecular complexity index is 519. The third-order valence-corrected chi connectivity index (χ3v) is 3.82. The Kier molecular flexibility index (Phi) is 5.75. The number of rotatable bonds is 3. The van der Waals surface area contributed by atoms with Crippen LogP contribution in [0, 0.1) is 5.82 Å². The average Bonchev–Trinajstić information content (AvgIpc) is 2.79. The van der Waals surface area contributed by atoms with Crippen LogP contribution in [0.2, 0.25) is 0 Å². The van der Waals surface area contributed by atoms with E-state index in [1.807, 2.05) is 0 Å². The first-order valence-electron chi connectivity index (χ1n) is 7.45. The second-order valence-electron chi connectivity index (χ2n) is 5.32. The summed E-state index contributed by atoms with van der Waals surface area (Å²) in [7, 11) is 1.36. The Morgan fingerprint density at radius 3 is 2.41 bits per heavy atom. The number of ether oxygens (including phenoxy) is 1. The lowest BCUT2D eigenvalue weighted by Gasteiger charge is -2.21. The molecule has 2 amide bonds. The lowest BCUT2D eigenvalue weighted by Crippen LogP contribution is -2.37. The molecule has 0 radical (unpaired) electrons. The molecule has 1 fully saturated rings. The van der Waals surface area contributed by atoms with Gasteiger partial charge in [0.25, 0.3) is 0 Å². The van der Waals surface area contributed by atoms with Crippen molar-refractivity contribution in [3.05, 3.63) is 35.6 Å². The van der Waals surface area contributed by atoms with Crippen LogP contribution >= 0.6 is 0 Å². The number of carbonyl (C=O) groups excluding carboxylic acids is 2. The summed E-state index contributed by atoms with van der Waals surface area (Å²) in [5.41, 5.74) is 0.945.